The maximum atomic E-state index is 13.4. The lowest BCUT2D eigenvalue weighted by molar-refractivity contribution is -0.139. The van der Waals surface area contributed by atoms with Crippen LogP contribution in [0.3, 0.4) is 0 Å². The molecule has 0 bridgehead atoms. The highest BCUT2D eigenvalue weighted by atomic mass is 79.9. The smallest absolute Gasteiger partial charge is 0.244 e. The number of ether oxygens (including phenoxy) is 2. The van der Waals surface area contributed by atoms with Gasteiger partial charge in [0, 0.05) is 24.1 Å². The highest BCUT2D eigenvalue weighted by molar-refractivity contribution is 9.10. The van der Waals surface area contributed by atoms with Gasteiger partial charge in [0.15, 0.2) is 11.5 Å². The van der Waals surface area contributed by atoms with E-state index in [2.05, 4.69) is 21.2 Å². The molecule has 1 aliphatic heterocycles. The van der Waals surface area contributed by atoms with E-state index in [1.807, 2.05) is 24.3 Å². The van der Waals surface area contributed by atoms with E-state index in [0.717, 1.165) is 20.6 Å². The predicted molar refractivity (Wildman–Crippen MR) is 128 cm³/mol. The van der Waals surface area contributed by atoms with E-state index >= 15 is 0 Å². The summed E-state index contributed by atoms with van der Waals surface area (Å²) in [5.74, 6) is 0.0360. The lowest BCUT2D eigenvalue weighted by Crippen LogP contribution is -2.50. The standard InChI is InChI=1S/C22H26BrN3O6S/c1-15(22(28)24-2)25(13-16-5-4-6-17(23)11-16)21(27)14-26(33(3,29)30)18-7-8-19-20(12-18)32-10-9-31-19/h4-8,11-12,15H,9-10,13-14H2,1-3H3,(H,24,28)/t15-/m0/s1. The van der Waals surface area contributed by atoms with E-state index in [4.69, 9.17) is 9.47 Å². The molecule has 0 aliphatic carbocycles. The van der Waals surface area contributed by atoms with Gasteiger partial charge in [0.05, 0.1) is 11.9 Å². The number of anilines is 1. The van der Waals surface area contributed by atoms with Gasteiger partial charge in [-0.1, -0.05) is 28.1 Å². The van der Waals surface area contributed by atoms with Crippen LogP contribution in [0.1, 0.15) is 12.5 Å². The van der Waals surface area contributed by atoms with Gasteiger partial charge in [0.2, 0.25) is 21.8 Å². The van der Waals surface area contributed by atoms with Crippen LogP contribution in [0.4, 0.5) is 5.69 Å². The second-order valence-electron chi connectivity index (χ2n) is 7.54. The monoisotopic (exact) mass is 539 g/mol. The lowest BCUT2D eigenvalue weighted by atomic mass is 10.1. The quantitative estimate of drug-likeness (QED) is 0.551. The number of sulfonamides is 1. The minimum absolute atomic E-state index is 0.131. The summed E-state index contributed by atoms with van der Waals surface area (Å²) in [7, 11) is -2.34. The molecule has 9 nitrogen and oxygen atoms in total. The van der Waals surface area contributed by atoms with Crippen molar-refractivity contribution in [2.24, 2.45) is 0 Å². The summed E-state index contributed by atoms with van der Waals surface area (Å²) in [6.07, 6.45) is 1.03. The molecule has 3 rings (SSSR count). The fraction of sp³-hybridized carbons (Fsp3) is 0.364. The third kappa shape index (κ3) is 6.17. The van der Waals surface area contributed by atoms with Crippen LogP contribution in [0.25, 0.3) is 0 Å². The number of benzene rings is 2. The number of amides is 2. The number of carbonyl (C=O) groups excluding carboxylic acids is 2. The number of nitrogens with zero attached hydrogens (tertiary/aromatic N) is 2. The summed E-state index contributed by atoms with van der Waals surface area (Å²) < 4.78 is 38.1. The average molecular weight is 540 g/mol. The minimum atomic E-state index is -3.82. The Morgan fingerprint density at radius 3 is 2.45 bits per heavy atom. The topological polar surface area (TPSA) is 105 Å². The molecular weight excluding hydrogens is 514 g/mol. The van der Waals surface area contributed by atoms with Gasteiger partial charge in [-0.15, -0.1) is 0 Å². The second kappa shape index (κ2) is 10.4. The van der Waals surface area contributed by atoms with Crippen molar-refractivity contribution in [3.8, 4) is 11.5 Å². The molecule has 2 aromatic carbocycles. The Kier molecular flexibility index (Phi) is 7.85. The number of nitrogens with one attached hydrogen (secondary N) is 1. The van der Waals surface area contributed by atoms with Gasteiger partial charge in [0.25, 0.3) is 0 Å². The van der Waals surface area contributed by atoms with Crippen LogP contribution in [0.2, 0.25) is 0 Å². The summed E-state index contributed by atoms with van der Waals surface area (Å²) in [6.45, 7) is 2.00. The van der Waals surface area contributed by atoms with Crippen molar-refractivity contribution in [3.05, 3.63) is 52.5 Å². The normalized spacial score (nSPS) is 13.7. The predicted octanol–water partition coefficient (Wildman–Crippen LogP) is 2.15. The Labute approximate surface area is 201 Å². The molecule has 178 valence electrons. The molecule has 11 heteroatoms. The van der Waals surface area contributed by atoms with Gasteiger partial charge in [-0.05, 0) is 36.8 Å². The zero-order valence-electron chi connectivity index (χ0n) is 18.6. The zero-order chi connectivity index (χ0) is 24.2. The van der Waals surface area contributed by atoms with E-state index < -0.39 is 28.5 Å². The Bertz CT molecular complexity index is 1140. The molecule has 0 radical (unpaired) electrons. The van der Waals surface area contributed by atoms with Gasteiger partial charge in [-0.3, -0.25) is 13.9 Å². The summed E-state index contributed by atoms with van der Waals surface area (Å²) in [5, 5.41) is 2.54. The van der Waals surface area contributed by atoms with Gasteiger partial charge >= 0.3 is 0 Å². The number of likely N-dealkylation sites (N-methyl/N-ethyl adjacent to an activating group) is 1. The van der Waals surface area contributed by atoms with Crippen molar-refractivity contribution in [2.45, 2.75) is 19.5 Å². The third-order valence-corrected chi connectivity index (χ3v) is 6.78. The highest BCUT2D eigenvalue weighted by Crippen LogP contribution is 2.34. The van der Waals surface area contributed by atoms with Crippen LogP contribution in [-0.4, -0.2) is 64.2 Å². The molecule has 1 aliphatic rings. The molecule has 2 aromatic rings. The van der Waals surface area contributed by atoms with Crippen molar-refractivity contribution >= 4 is 43.5 Å². The molecule has 0 saturated carbocycles. The summed E-state index contributed by atoms with van der Waals surface area (Å²) in [4.78, 5) is 27.1. The van der Waals surface area contributed by atoms with Crippen molar-refractivity contribution in [1.82, 2.24) is 10.2 Å². The molecule has 2 amide bonds. The number of rotatable bonds is 8. The number of halogens is 1. The minimum Gasteiger partial charge on any atom is -0.486 e. The van der Waals surface area contributed by atoms with Gasteiger partial charge in [0.1, 0.15) is 25.8 Å². The van der Waals surface area contributed by atoms with Gasteiger partial charge in [-0.25, -0.2) is 8.42 Å². The number of fused-ring (bicyclic) bond motifs is 1. The Morgan fingerprint density at radius 1 is 1.12 bits per heavy atom. The van der Waals surface area contributed by atoms with Crippen LogP contribution in [-0.2, 0) is 26.2 Å². The molecule has 33 heavy (non-hydrogen) atoms. The Hall–Kier alpha value is -2.79. The first-order valence-corrected chi connectivity index (χ1v) is 12.9. The van der Waals surface area contributed by atoms with E-state index in [9.17, 15) is 18.0 Å². The van der Waals surface area contributed by atoms with E-state index in [0.29, 0.717) is 24.7 Å². The van der Waals surface area contributed by atoms with Crippen molar-refractivity contribution in [1.29, 1.82) is 0 Å². The molecule has 0 saturated heterocycles. The number of hydrogen-bond donors (Lipinski definition) is 1. The van der Waals surface area contributed by atoms with E-state index in [1.54, 1.807) is 19.1 Å². The zero-order valence-corrected chi connectivity index (χ0v) is 21.0. The van der Waals surface area contributed by atoms with Crippen molar-refractivity contribution in [3.63, 3.8) is 0 Å². The maximum Gasteiger partial charge on any atom is 0.244 e. The largest absolute Gasteiger partial charge is 0.486 e. The molecule has 0 fully saturated rings. The first kappa shape index (κ1) is 24.8. The molecule has 0 aromatic heterocycles. The summed E-state index contributed by atoms with van der Waals surface area (Å²) in [6, 6.07) is 11.2. The van der Waals surface area contributed by atoms with Crippen molar-refractivity contribution < 1.29 is 27.5 Å². The third-order valence-electron chi connectivity index (χ3n) is 5.15. The number of hydrogen-bond acceptors (Lipinski definition) is 6. The first-order chi connectivity index (χ1) is 15.6. The van der Waals surface area contributed by atoms with E-state index in [1.165, 1.54) is 18.0 Å². The molecular formula is C22H26BrN3O6S. The Balaban J connectivity index is 1.92. The lowest BCUT2D eigenvalue weighted by Gasteiger charge is -2.31. The molecule has 1 atom stereocenters. The van der Waals surface area contributed by atoms with Crippen molar-refractivity contribution in [2.75, 3.05) is 37.4 Å². The summed E-state index contributed by atoms with van der Waals surface area (Å²) in [5.41, 5.74) is 1.06. The molecule has 1 N–H and O–H groups in total. The van der Waals surface area contributed by atoms with Gasteiger partial charge in [-0.2, -0.15) is 0 Å². The Morgan fingerprint density at radius 2 is 1.82 bits per heavy atom. The van der Waals surface area contributed by atoms with Crippen LogP contribution < -0.4 is 19.1 Å². The van der Waals surface area contributed by atoms with E-state index in [-0.39, 0.29) is 18.1 Å². The molecule has 1 heterocycles. The average Bonchev–Trinajstić information content (AvgIpc) is 2.78. The molecule has 0 unspecified atom stereocenters. The highest BCUT2D eigenvalue weighted by Gasteiger charge is 2.30. The van der Waals surface area contributed by atoms with Crippen LogP contribution in [0.5, 0.6) is 11.5 Å². The van der Waals surface area contributed by atoms with Gasteiger partial charge < -0.3 is 19.7 Å². The second-order valence-corrected chi connectivity index (χ2v) is 10.4. The number of carbonyl (C=O) groups is 2. The summed E-state index contributed by atoms with van der Waals surface area (Å²) >= 11 is 3.40. The fourth-order valence-corrected chi connectivity index (χ4v) is 4.71. The first-order valence-electron chi connectivity index (χ1n) is 10.2. The maximum absolute atomic E-state index is 13.4. The fourth-order valence-electron chi connectivity index (χ4n) is 3.42. The van der Waals surface area contributed by atoms with Crippen LogP contribution >= 0.6 is 15.9 Å². The molecule has 0 spiro atoms. The van der Waals surface area contributed by atoms with Crippen LogP contribution in [0, 0.1) is 0 Å². The SMILES string of the molecule is CNC(=O)[C@H](C)N(Cc1cccc(Br)c1)C(=O)CN(c1ccc2c(c1)OCCO2)S(C)(=O)=O. The van der Waals surface area contributed by atoms with Crippen LogP contribution in [0.15, 0.2) is 46.9 Å².